The van der Waals surface area contributed by atoms with Gasteiger partial charge < -0.3 is 5.32 Å². The number of rotatable bonds is 3. The highest BCUT2D eigenvalue weighted by Gasteiger charge is 2.26. The van der Waals surface area contributed by atoms with Gasteiger partial charge in [-0.2, -0.15) is 0 Å². The molecule has 0 aliphatic carbocycles. The fourth-order valence-electron chi connectivity index (χ4n) is 3.09. The van der Waals surface area contributed by atoms with E-state index in [1.807, 2.05) is 42.5 Å². The molecule has 1 heterocycles. The summed E-state index contributed by atoms with van der Waals surface area (Å²) in [4.78, 5) is 29.8. The Labute approximate surface area is 172 Å². The quantitative estimate of drug-likeness (QED) is 0.684. The molecule has 1 aliphatic heterocycles. The molecule has 0 unspecified atom stereocenters. The first kappa shape index (κ1) is 18.7. The third-order valence-corrected chi connectivity index (χ3v) is 4.73. The molecule has 0 saturated carbocycles. The standard InChI is InChI=1S/C22H17ClN4O2/c23-17-11-5-6-12-18(17)25-22(29)26-27-19-13-7-4-10-16(19)21(24-14-20(27)28)15-8-2-1-3-9-15/h1-13H,14H2,(H2,25,26,29). The Morgan fingerprint density at radius 1 is 0.931 bits per heavy atom. The van der Waals surface area contributed by atoms with Crippen LogP contribution in [0.1, 0.15) is 11.1 Å². The van der Waals surface area contributed by atoms with Gasteiger partial charge in [0.2, 0.25) is 0 Å². The lowest BCUT2D eigenvalue weighted by atomic mass is 10.0. The summed E-state index contributed by atoms with van der Waals surface area (Å²) in [6, 6.07) is 23.2. The van der Waals surface area contributed by atoms with E-state index in [-0.39, 0.29) is 12.5 Å². The Kier molecular flexibility index (Phi) is 5.27. The highest BCUT2D eigenvalue weighted by atomic mass is 35.5. The number of benzodiazepines with no additional fused rings is 1. The minimum atomic E-state index is -0.579. The Bertz CT molecular complexity index is 1100. The summed E-state index contributed by atoms with van der Waals surface area (Å²) >= 11 is 6.09. The van der Waals surface area contributed by atoms with Gasteiger partial charge in [-0.15, -0.1) is 0 Å². The van der Waals surface area contributed by atoms with Gasteiger partial charge in [-0.05, 0) is 18.2 Å². The monoisotopic (exact) mass is 404 g/mol. The summed E-state index contributed by atoms with van der Waals surface area (Å²) in [7, 11) is 0. The van der Waals surface area contributed by atoms with Gasteiger partial charge in [0, 0.05) is 11.1 Å². The molecule has 0 bridgehead atoms. The number of nitrogens with one attached hydrogen (secondary N) is 2. The van der Waals surface area contributed by atoms with Crippen molar-refractivity contribution in [3.8, 4) is 0 Å². The van der Waals surface area contributed by atoms with Crippen LogP contribution < -0.4 is 15.8 Å². The van der Waals surface area contributed by atoms with Crippen LogP contribution in [0.15, 0.2) is 83.9 Å². The Morgan fingerprint density at radius 2 is 1.62 bits per heavy atom. The van der Waals surface area contributed by atoms with E-state index in [0.717, 1.165) is 11.1 Å². The zero-order valence-electron chi connectivity index (χ0n) is 15.3. The minimum Gasteiger partial charge on any atom is -0.305 e. The number of hydrogen-bond donors (Lipinski definition) is 2. The minimum absolute atomic E-state index is 0.0920. The average Bonchev–Trinajstić information content (AvgIpc) is 2.88. The summed E-state index contributed by atoms with van der Waals surface area (Å²) in [5.41, 5.74) is 5.96. The molecule has 4 rings (SSSR count). The lowest BCUT2D eigenvalue weighted by Crippen LogP contribution is -2.49. The molecule has 144 valence electrons. The molecule has 3 aromatic carbocycles. The molecule has 6 nitrogen and oxygen atoms in total. The Balaban J connectivity index is 1.65. The number of hydrazine groups is 1. The maximum atomic E-state index is 12.8. The summed E-state index contributed by atoms with van der Waals surface area (Å²) in [6.07, 6.45) is 0. The Hall–Kier alpha value is -3.64. The molecule has 0 saturated heterocycles. The molecule has 2 N–H and O–H groups in total. The van der Waals surface area contributed by atoms with Gasteiger partial charge in [0.1, 0.15) is 6.54 Å². The first-order valence-electron chi connectivity index (χ1n) is 8.98. The van der Waals surface area contributed by atoms with Crippen molar-refractivity contribution in [2.24, 2.45) is 4.99 Å². The SMILES string of the molecule is O=C(Nc1ccccc1Cl)NN1C(=O)CN=C(c2ccccc2)c2ccccc21. The topological polar surface area (TPSA) is 73.8 Å². The van der Waals surface area contributed by atoms with Crippen molar-refractivity contribution in [3.63, 3.8) is 0 Å². The van der Waals surface area contributed by atoms with Gasteiger partial charge >= 0.3 is 6.03 Å². The number of aliphatic imine (C=N–C) groups is 1. The van der Waals surface area contributed by atoms with Crippen LogP contribution in [0.2, 0.25) is 5.02 Å². The number of carbonyl (C=O) groups excluding carboxylic acids is 2. The number of benzene rings is 3. The molecule has 0 fully saturated rings. The second-order valence-electron chi connectivity index (χ2n) is 6.32. The third-order valence-electron chi connectivity index (χ3n) is 4.40. The second kappa shape index (κ2) is 8.16. The zero-order valence-corrected chi connectivity index (χ0v) is 16.1. The first-order chi connectivity index (χ1) is 14.1. The number of carbonyl (C=O) groups is 2. The predicted octanol–water partition coefficient (Wildman–Crippen LogP) is 4.26. The predicted molar refractivity (Wildman–Crippen MR) is 114 cm³/mol. The normalized spacial score (nSPS) is 13.2. The molecule has 0 spiro atoms. The van der Waals surface area contributed by atoms with Gasteiger partial charge in [-0.25, -0.2) is 15.2 Å². The molecular weight excluding hydrogens is 388 g/mol. The third kappa shape index (κ3) is 3.97. The zero-order chi connectivity index (χ0) is 20.2. The van der Waals surface area contributed by atoms with Crippen molar-refractivity contribution in [1.82, 2.24) is 5.43 Å². The number of fused-ring (bicyclic) bond motifs is 1. The molecule has 29 heavy (non-hydrogen) atoms. The summed E-state index contributed by atoms with van der Waals surface area (Å²) in [6.45, 7) is -0.0920. The van der Waals surface area contributed by atoms with Gasteiger partial charge in [-0.1, -0.05) is 72.3 Å². The van der Waals surface area contributed by atoms with Gasteiger partial charge in [-0.3, -0.25) is 9.79 Å². The fourth-order valence-corrected chi connectivity index (χ4v) is 3.27. The van der Waals surface area contributed by atoms with Crippen molar-refractivity contribution in [2.45, 2.75) is 0 Å². The first-order valence-corrected chi connectivity index (χ1v) is 9.35. The number of anilines is 2. The number of amides is 3. The molecular formula is C22H17ClN4O2. The number of hydrogen-bond acceptors (Lipinski definition) is 3. The highest BCUT2D eigenvalue weighted by Crippen LogP contribution is 2.26. The van der Waals surface area contributed by atoms with Crippen LogP contribution in [-0.4, -0.2) is 24.2 Å². The number of para-hydroxylation sites is 2. The molecule has 3 aromatic rings. The van der Waals surface area contributed by atoms with Crippen LogP contribution in [0.4, 0.5) is 16.2 Å². The lowest BCUT2D eigenvalue weighted by molar-refractivity contribution is -0.117. The number of urea groups is 1. The fraction of sp³-hybridized carbons (Fsp3) is 0.0455. The van der Waals surface area contributed by atoms with E-state index in [4.69, 9.17) is 11.6 Å². The second-order valence-corrected chi connectivity index (χ2v) is 6.73. The number of nitrogens with zero attached hydrogens (tertiary/aromatic N) is 2. The largest absolute Gasteiger partial charge is 0.338 e. The van der Waals surface area contributed by atoms with Crippen molar-refractivity contribution in [2.75, 3.05) is 16.9 Å². The van der Waals surface area contributed by atoms with Crippen molar-refractivity contribution in [1.29, 1.82) is 0 Å². The van der Waals surface area contributed by atoms with E-state index in [1.165, 1.54) is 5.01 Å². The van der Waals surface area contributed by atoms with Crippen molar-refractivity contribution < 1.29 is 9.59 Å². The average molecular weight is 405 g/mol. The van der Waals surface area contributed by atoms with E-state index in [0.29, 0.717) is 22.1 Å². The highest BCUT2D eigenvalue weighted by molar-refractivity contribution is 6.33. The van der Waals surface area contributed by atoms with E-state index in [2.05, 4.69) is 15.7 Å². The van der Waals surface area contributed by atoms with E-state index in [1.54, 1.807) is 36.4 Å². The smallest absolute Gasteiger partial charge is 0.305 e. The van der Waals surface area contributed by atoms with E-state index < -0.39 is 6.03 Å². The van der Waals surface area contributed by atoms with E-state index >= 15 is 0 Å². The maximum absolute atomic E-state index is 12.8. The molecule has 3 amide bonds. The van der Waals surface area contributed by atoms with Crippen molar-refractivity contribution in [3.05, 3.63) is 95.0 Å². The number of halogens is 1. The molecule has 0 aromatic heterocycles. The molecule has 7 heteroatoms. The van der Waals surface area contributed by atoms with Crippen LogP contribution in [0.5, 0.6) is 0 Å². The van der Waals surface area contributed by atoms with Crippen LogP contribution in [-0.2, 0) is 4.79 Å². The molecule has 0 radical (unpaired) electrons. The maximum Gasteiger partial charge on any atom is 0.338 e. The van der Waals surface area contributed by atoms with Crippen LogP contribution >= 0.6 is 11.6 Å². The van der Waals surface area contributed by atoms with Gasteiger partial charge in [0.15, 0.2) is 0 Å². The molecule has 0 atom stereocenters. The Morgan fingerprint density at radius 3 is 2.41 bits per heavy atom. The van der Waals surface area contributed by atoms with Crippen molar-refractivity contribution >= 4 is 40.6 Å². The summed E-state index contributed by atoms with van der Waals surface area (Å²) in [5.74, 6) is -0.349. The van der Waals surface area contributed by atoms with Crippen LogP contribution in [0, 0.1) is 0 Å². The molecule has 1 aliphatic rings. The van der Waals surface area contributed by atoms with Gasteiger partial charge in [0.25, 0.3) is 5.91 Å². The van der Waals surface area contributed by atoms with Gasteiger partial charge in [0.05, 0.1) is 22.1 Å². The van der Waals surface area contributed by atoms with Crippen LogP contribution in [0.25, 0.3) is 0 Å². The lowest BCUT2D eigenvalue weighted by Gasteiger charge is -2.23. The van der Waals surface area contributed by atoms with Crippen LogP contribution in [0.3, 0.4) is 0 Å². The van der Waals surface area contributed by atoms with E-state index in [9.17, 15) is 9.59 Å². The summed E-state index contributed by atoms with van der Waals surface area (Å²) < 4.78 is 0. The summed E-state index contributed by atoms with van der Waals surface area (Å²) in [5, 5.41) is 4.28.